The monoisotopic (exact) mass is 505 g/mol. The zero-order valence-corrected chi connectivity index (χ0v) is 21.5. The van der Waals surface area contributed by atoms with E-state index in [1.54, 1.807) is 18.2 Å². The number of benzene rings is 2. The van der Waals surface area contributed by atoms with Crippen molar-refractivity contribution in [1.29, 1.82) is 0 Å². The number of nitrogens with zero attached hydrogens (tertiary/aromatic N) is 1. The third-order valence-corrected chi connectivity index (χ3v) is 7.14. The van der Waals surface area contributed by atoms with E-state index >= 15 is 0 Å². The lowest BCUT2D eigenvalue weighted by Gasteiger charge is -2.38. The van der Waals surface area contributed by atoms with Crippen molar-refractivity contribution >= 4 is 29.3 Å². The maximum atomic E-state index is 12.9. The predicted molar refractivity (Wildman–Crippen MR) is 141 cm³/mol. The molecule has 2 N–H and O–H groups in total. The Morgan fingerprint density at radius 1 is 0.973 bits per heavy atom. The first-order valence-corrected chi connectivity index (χ1v) is 13.0. The fourth-order valence-electron chi connectivity index (χ4n) is 5.31. The van der Waals surface area contributed by atoms with Crippen LogP contribution >= 0.6 is 0 Å². The molecule has 0 unspecified atom stereocenters. The molecular formula is C29H35N3O5. The Kier molecular flexibility index (Phi) is 8.71. The number of amides is 2. The second kappa shape index (κ2) is 12.1. The normalized spacial score (nSPS) is 22.1. The summed E-state index contributed by atoms with van der Waals surface area (Å²) in [6, 6.07) is 14.3. The van der Waals surface area contributed by atoms with Crippen LogP contribution in [0, 0.1) is 5.92 Å². The SMILES string of the molecule is CC(=O)c1cc(NC(=O)N[C@@H]2CCCC[C@H]2CN2CC(=O)O[C@@H](Cc3ccccc3)C2)cc(C(C)=O)c1. The molecule has 3 atom stereocenters. The quantitative estimate of drug-likeness (QED) is 0.411. The summed E-state index contributed by atoms with van der Waals surface area (Å²) >= 11 is 0. The van der Waals surface area contributed by atoms with Gasteiger partial charge in [-0.15, -0.1) is 0 Å². The smallest absolute Gasteiger partial charge is 0.320 e. The summed E-state index contributed by atoms with van der Waals surface area (Å²) in [4.78, 5) is 51.2. The average Bonchev–Trinajstić information content (AvgIpc) is 2.85. The highest BCUT2D eigenvalue weighted by molar-refractivity contribution is 6.02. The number of carbonyl (C=O) groups is 4. The van der Waals surface area contributed by atoms with Crippen LogP contribution < -0.4 is 10.6 Å². The molecule has 1 aliphatic heterocycles. The van der Waals surface area contributed by atoms with Crippen molar-refractivity contribution in [3.63, 3.8) is 0 Å². The number of Topliss-reactive ketones (excluding diaryl/α,β-unsaturated/α-hetero) is 2. The second-order valence-electron chi connectivity index (χ2n) is 10.2. The molecule has 2 aliphatic rings. The van der Waals surface area contributed by atoms with Crippen LogP contribution in [0.1, 0.15) is 65.8 Å². The number of esters is 1. The predicted octanol–water partition coefficient (Wildman–Crippen LogP) is 4.24. The van der Waals surface area contributed by atoms with Gasteiger partial charge < -0.3 is 15.4 Å². The van der Waals surface area contributed by atoms with Gasteiger partial charge in [-0.3, -0.25) is 19.3 Å². The van der Waals surface area contributed by atoms with Crippen LogP contribution in [0.4, 0.5) is 10.5 Å². The maximum Gasteiger partial charge on any atom is 0.320 e. The molecule has 1 saturated carbocycles. The minimum absolute atomic E-state index is 0.0393. The second-order valence-corrected chi connectivity index (χ2v) is 10.2. The molecular weight excluding hydrogens is 470 g/mol. The number of carbonyl (C=O) groups excluding carboxylic acids is 4. The molecule has 37 heavy (non-hydrogen) atoms. The largest absolute Gasteiger partial charge is 0.460 e. The van der Waals surface area contributed by atoms with Crippen molar-refractivity contribution in [2.24, 2.45) is 5.92 Å². The number of cyclic esters (lactones) is 1. The van der Waals surface area contributed by atoms with E-state index in [1.165, 1.54) is 13.8 Å². The van der Waals surface area contributed by atoms with Gasteiger partial charge in [0.15, 0.2) is 11.6 Å². The van der Waals surface area contributed by atoms with E-state index in [0.717, 1.165) is 31.2 Å². The molecule has 1 aliphatic carbocycles. The van der Waals surface area contributed by atoms with Crippen molar-refractivity contribution < 1.29 is 23.9 Å². The fourth-order valence-corrected chi connectivity index (χ4v) is 5.31. The highest BCUT2D eigenvalue weighted by Gasteiger charge is 2.33. The number of ketones is 2. The molecule has 8 nitrogen and oxygen atoms in total. The van der Waals surface area contributed by atoms with Gasteiger partial charge in [0.1, 0.15) is 6.10 Å². The number of nitrogens with one attached hydrogen (secondary N) is 2. The lowest BCUT2D eigenvalue weighted by Crippen LogP contribution is -2.52. The molecule has 4 rings (SSSR count). The van der Waals surface area contributed by atoms with E-state index in [-0.39, 0.29) is 48.2 Å². The van der Waals surface area contributed by atoms with Crippen LogP contribution in [-0.4, -0.2) is 60.2 Å². The van der Waals surface area contributed by atoms with E-state index in [2.05, 4.69) is 15.5 Å². The number of ether oxygens (including phenoxy) is 1. The molecule has 0 spiro atoms. The summed E-state index contributed by atoms with van der Waals surface area (Å²) in [5, 5.41) is 5.91. The lowest BCUT2D eigenvalue weighted by atomic mass is 9.84. The molecule has 0 radical (unpaired) electrons. The minimum atomic E-state index is -0.368. The highest BCUT2D eigenvalue weighted by Crippen LogP contribution is 2.27. The van der Waals surface area contributed by atoms with Gasteiger partial charge in [-0.05, 0) is 56.4 Å². The van der Waals surface area contributed by atoms with Crippen molar-refractivity contribution in [3.8, 4) is 0 Å². The zero-order chi connectivity index (χ0) is 26.4. The topological polar surface area (TPSA) is 105 Å². The Labute approximate surface area is 217 Å². The minimum Gasteiger partial charge on any atom is -0.460 e. The molecule has 0 aromatic heterocycles. The van der Waals surface area contributed by atoms with Crippen molar-refractivity contribution in [1.82, 2.24) is 10.2 Å². The molecule has 2 aromatic carbocycles. The summed E-state index contributed by atoms with van der Waals surface area (Å²) in [6.07, 6.45) is 4.42. The van der Waals surface area contributed by atoms with Crippen LogP contribution in [0.3, 0.4) is 0 Å². The number of urea groups is 1. The molecule has 196 valence electrons. The standard InChI is InChI=1S/C29H35N3O5/c1-19(33)23-13-24(20(2)34)15-25(14-23)30-29(36)31-27-11-7-6-10-22(27)16-32-17-26(37-28(35)18-32)12-21-8-4-3-5-9-21/h3-5,8-9,13-15,22,26-27H,6-7,10-12,16-18H2,1-2H3,(H2,30,31,36)/t22-,26-,27+/m0/s1. The molecule has 1 heterocycles. The molecule has 2 fully saturated rings. The van der Waals surface area contributed by atoms with Gasteiger partial charge in [0.25, 0.3) is 0 Å². The number of morpholine rings is 1. The summed E-state index contributed by atoms with van der Waals surface area (Å²) < 4.78 is 5.61. The molecule has 2 aromatic rings. The first-order chi connectivity index (χ1) is 17.8. The van der Waals surface area contributed by atoms with Crippen LogP contribution in [0.2, 0.25) is 0 Å². The van der Waals surface area contributed by atoms with Crippen LogP contribution in [0.15, 0.2) is 48.5 Å². The first-order valence-electron chi connectivity index (χ1n) is 13.0. The van der Waals surface area contributed by atoms with Gasteiger partial charge >= 0.3 is 12.0 Å². The van der Waals surface area contributed by atoms with E-state index in [1.807, 2.05) is 30.3 Å². The summed E-state index contributed by atoms with van der Waals surface area (Å²) in [6.45, 7) is 4.49. The Balaban J connectivity index is 1.38. The van der Waals surface area contributed by atoms with E-state index in [0.29, 0.717) is 36.3 Å². The van der Waals surface area contributed by atoms with Crippen molar-refractivity contribution in [3.05, 3.63) is 65.2 Å². The van der Waals surface area contributed by atoms with Crippen molar-refractivity contribution in [2.75, 3.05) is 25.0 Å². The Morgan fingerprint density at radius 2 is 1.65 bits per heavy atom. The average molecular weight is 506 g/mol. The van der Waals surface area contributed by atoms with Gasteiger partial charge in [0, 0.05) is 42.4 Å². The van der Waals surface area contributed by atoms with Crippen LogP contribution in [0.5, 0.6) is 0 Å². The van der Waals surface area contributed by atoms with E-state index < -0.39 is 0 Å². The maximum absolute atomic E-state index is 12.9. The highest BCUT2D eigenvalue weighted by atomic mass is 16.5. The van der Waals surface area contributed by atoms with E-state index in [4.69, 9.17) is 4.74 Å². The van der Waals surface area contributed by atoms with E-state index in [9.17, 15) is 19.2 Å². The molecule has 2 amide bonds. The Hall–Kier alpha value is -3.52. The van der Waals surface area contributed by atoms with Gasteiger partial charge in [-0.1, -0.05) is 43.2 Å². The lowest BCUT2D eigenvalue weighted by molar-refractivity contribution is -0.159. The number of hydrogen-bond acceptors (Lipinski definition) is 6. The summed E-state index contributed by atoms with van der Waals surface area (Å²) in [7, 11) is 0. The molecule has 0 bridgehead atoms. The third kappa shape index (κ3) is 7.49. The number of anilines is 1. The van der Waals surface area contributed by atoms with Gasteiger partial charge in [0.2, 0.25) is 0 Å². The Morgan fingerprint density at radius 3 is 2.32 bits per heavy atom. The first kappa shape index (κ1) is 26.5. The molecule has 1 saturated heterocycles. The Bertz CT molecular complexity index is 1120. The molecule has 8 heteroatoms. The fraction of sp³-hybridized carbons (Fsp3) is 0.448. The van der Waals surface area contributed by atoms with Gasteiger partial charge in [-0.2, -0.15) is 0 Å². The third-order valence-electron chi connectivity index (χ3n) is 7.14. The van der Waals surface area contributed by atoms with Crippen LogP contribution in [-0.2, 0) is 16.0 Å². The van der Waals surface area contributed by atoms with Gasteiger partial charge in [-0.25, -0.2) is 4.79 Å². The van der Waals surface area contributed by atoms with Crippen molar-refractivity contribution in [2.45, 2.75) is 58.1 Å². The summed E-state index contributed by atoms with van der Waals surface area (Å²) in [5.41, 5.74) is 2.30. The zero-order valence-electron chi connectivity index (χ0n) is 21.5. The number of hydrogen-bond donors (Lipinski definition) is 2. The van der Waals surface area contributed by atoms with Gasteiger partial charge in [0.05, 0.1) is 6.54 Å². The van der Waals surface area contributed by atoms with Crippen LogP contribution in [0.25, 0.3) is 0 Å². The summed E-state index contributed by atoms with van der Waals surface area (Å²) in [5.74, 6) is -0.356. The number of rotatable bonds is 8.